The summed E-state index contributed by atoms with van der Waals surface area (Å²) in [6, 6.07) is 4.32. The van der Waals surface area contributed by atoms with Gasteiger partial charge in [0.2, 0.25) is 0 Å². The molecular weight excluding hydrogens is 300 g/mol. The highest BCUT2D eigenvalue weighted by Crippen LogP contribution is 2.17. The van der Waals surface area contributed by atoms with E-state index in [1.807, 2.05) is 6.92 Å². The number of hydrogen-bond acceptors (Lipinski definition) is 3. The third kappa shape index (κ3) is 3.80. The molecule has 1 rings (SSSR count). The number of nitro groups is 1. The normalized spacial score (nSPS) is 11.9. The summed E-state index contributed by atoms with van der Waals surface area (Å²) in [5.74, 6) is -0.273. The average molecular weight is 315 g/mol. The summed E-state index contributed by atoms with van der Waals surface area (Å²) in [7, 11) is 0. The van der Waals surface area contributed by atoms with Crippen LogP contribution in [0.5, 0.6) is 0 Å². The molecule has 1 aromatic rings. The molecule has 0 radical (unpaired) electrons. The lowest BCUT2D eigenvalue weighted by Crippen LogP contribution is -2.33. The van der Waals surface area contributed by atoms with E-state index in [2.05, 4.69) is 21.2 Å². The third-order valence-electron chi connectivity index (χ3n) is 2.60. The highest BCUT2D eigenvalue weighted by molar-refractivity contribution is 9.09. The van der Waals surface area contributed by atoms with Crippen LogP contribution in [0.2, 0.25) is 0 Å². The molecule has 6 heteroatoms. The molecule has 0 saturated carbocycles. The SMILES string of the molecule is Cc1ccc([N+](=O)[O-])cc1C(=O)NC(C)CCBr. The number of benzene rings is 1. The summed E-state index contributed by atoms with van der Waals surface area (Å²) in [6.45, 7) is 3.65. The van der Waals surface area contributed by atoms with Crippen molar-refractivity contribution in [1.29, 1.82) is 0 Å². The highest BCUT2D eigenvalue weighted by Gasteiger charge is 2.15. The van der Waals surface area contributed by atoms with Crippen molar-refractivity contribution in [3.05, 3.63) is 39.4 Å². The van der Waals surface area contributed by atoms with Crippen molar-refractivity contribution in [1.82, 2.24) is 5.32 Å². The molecule has 0 saturated heterocycles. The van der Waals surface area contributed by atoms with Gasteiger partial charge in [-0.1, -0.05) is 22.0 Å². The van der Waals surface area contributed by atoms with Gasteiger partial charge in [0.1, 0.15) is 0 Å². The number of nitro benzene ring substituents is 1. The van der Waals surface area contributed by atoms with Gasteiger partial charge in [0.15, 0.2) is 0 Å². The topological polar surface area (TPSA) is 72.2 Å². The molecule has 0 fully saturated rings. The van der Waals surface area contributed by atoms with E-state index < -0.39 is 4.92 Å². The number of hydrogen-bond donors (Lipinski definition) is 1. The number of nitrogens with zero attached hydrogens (tertiary/aromatic N) is 1. The summed E-state index contributed by atoms with van der Waals surface area (Å²) in [6.07, 6.45) is 0.805. The fourth-order valence-electron chi connectivity index (χ4n) is 1.51. The Morgan fingerprint density at radius 2 is 2.22 bits per heavy atom. The largest absolute Gasteiger partial charge is 0.350 e. The van der Waals surface area contributed by atoms with Gasteiger partial charge in [0, 0.05) is 29.1 Å². The number of alkyl halides is 1. The first kappa shape index (κ1) is 14.6. The van der Waals surface area contributed by atoms with E-state index in [0.717, 1.165) is 17.3 Å². The molecule has 18 heavy (non-hydrogen) atoms. The van der Waals surface area contributed by atoms with Crippen molar-refractivity contribution in [2.45, 2.75) is 26.3 Å². The Kier molecular flexibility index (Phi) is 5.27. The van der Waals surface area contributed by atoms with Crippen LogP contribution < -0.4 is 5.32 Å². The average Bonchev–Trinajstić information content (AvgIpc) is 2.29. The molecule has 0 heterocycles. The van der Waals surface area contributed by atoms with Gasteiger partial charge < -0.3 is 5.32 Å². The zero-order chi connectivity index (χ0) is 13.7. The summed E-state index contributed by atoms with van der Waals surface area (Å²) < 4.78 is 0. The molecule has 0 spiro atoms. The number of amides is 1. The molecular formula is C12H15BrN2O3. The zero-order valence-corrected chi connectivity index (χ0v) is 11.9. The van der Waals surface area contributed by atoms with E-state index >= 15 is 0 Å². The van der Waals surface area contributed by atoms with Gasteiger partial charge in [0.05, 0.1) is 4.92 Å². The lowest BCUT2D eigenvalue weighted by atomic mass is 10.1. The molecule has 98 valence electrons. The molecule has 1 N–H and O–H groups in total. The maximum atomic E-state index is 12.0. The summed E-state index contributed by atoms with van der Waals surface area (Å²) in [5, 5.41) is 14.3. The van der Waals surface area contributed by atoms with Crippen LogP contribution in [0, 0.1) is 17.0 Å². The minimum absolute atomic E-state index is 0.0236. The Bertz CT molecular complexity index is 463. The van der Waals surface area contributed by atoms with Gasteiger partial charge in [0.25, 0.3) is 11.6 Å². The number of carbonyl (C=O) groups excluding carboxylic acids is 1. The number of rotatable bonds is 5. The number of halogens is 1. The summed E-state index contributed by atoms with van der Waals surface area (Å²) >= 11 is 3.30. The number of carbonyl (C=O) groups is 1. The van der Waals surface area contributed by atoms with Gasteiger partial charge in [-0.25, -0.2) is 0 Å². The first-order chi connectivity index (χ1) is 8.45. The van der Waals surface area contributed by atoms with Crippen LogP contribution in [0.25, 0.3) is 0 Å². The monoisotopic (exact) mass is 314 g/mol. The number of aryl methyl sites for hydroxylation is 1. The van der Waals surface area contributed by atoms with Crippen LogP contribution in [-0.2, 0) is 0 Å². The van der Waals surface area contributed by atoms with Crippen molar-refractivity contribution in [3.63, 3.8) is 0 Å². The summed E-state index contributed by atoms with van der Waals surface area (Å²) in [5.41, 5.74) is 1.01. The second-order valence-electron chi connectivity index (χ2n) is 4.11. The summed E-state index contributed by atoms with van der Waals surface area (Å²) in [4.78, 5) is 22.2. The van der Waals surface area contributed by atoms with Gasteiger partial charge in [-0.05, 0) is 25.8 Å². The number of non-ortho nitro benzene ring substituents is 1. The lowest BCUT2D eigenvalue weighted by Gasteiger charge is -2.13. The number of nitrogens with one attached hydrogen (secondary N) is 1. The smallest absolute Gasteiger partial charge is 0.270 e. The fourth-order valence-corrected chi connectivity index (χ4v) is 2.19. The molecule has 0 aliphatic heterocycles. The van der Waals surface area contributed by atoms with Gasteiger partial charge in [-0.15, -0.1) is 0 Å². The minimum atomic E-state index is -0.502. The van der Waals surface area contributed by atoms with E-state index in [9.17, 15) is 14.9 Å². The van der Waals surface area contributed by atoms with Crippen molar-refractivity contribution in [2.75, 3.05) is 5.33 Å². The predicted molar refractivity (Wildman–Crippen MR) is 73.2 cm³/mol. The molecule has 0 bridgehead atoms. The van der Waals surface area contributed by atoms with Crippen molar-refractivity contribution >= 4 is 27.5 Å². The Morgan fingerprint density at radius 3 is 2.78 bits per heavy atom. The van der Waals surface area contributed by atoms with E-state index in [4.69, 9.17) is 0 Å². The predicted octanol–water partition coefficient (Wildman–Crippen LogP) is 2.81. The van der Waals surface area contributed by atoms with Crippen LogP contribution >= 0.6 is 15.9 Å². The molecule has 5 nitrogen and oxygen atoms in total. The molecule has 0 aromatic heterocycles. The van der Waals surface area contributed by atoms with Crippen molar-refractivity contribution in [2.24, 2.45) is 0 Å². The first-order valence-corrected chi connectivity index (χ1v) is 6.69. The van der Waals surface area contributed by atoms with Crippen LogP contribution in [0.3, 0.4) is 0 Å². The Morgan fingerprint density at radius 1 is 1.56 bits per heavy atom. The van der Waals surface area contributed by atoms with E-state index in [1.54, 1.807) is 13.0 Å². The van der Waals surface area contributed by atoms with E-state index in [0.29, 0.717) is 5.56 Å². The Hall–Kier alpha value is -1.43. The van der Waals surface area contributed by atoms with Crippen LogP contribution in [-0.4, -0.2) is 22.2 Å². The fraction of sp³-hybridized carbons (Fsp3) is 0.417. The van der Waals surface area contributed by atoms with Crippen molar-refractivity contribution < 1.29 is 9.72 Å². The minimum Gasteiger partial charge on any atom is -0.350 e. The molecule has 1 unspecified atom stereocenters. The quantitative estimate of drug-likeness (QED) is 0.516. The lowest BCUT2D eigenvalue weighted by molar-refractivity contribution is -0.384. The maximum Gasteiger partial charge on any atom is 0.270 e. The zero-order valence-electron chi connectivity index (χ0n) is 10.3. The Balaban J connectivity index is 2.91. The second kappa shape index (κ2) is 6.49. The van der Waals surface area contributed by atoms with E-state index in [1.165, 1.54) is 12.1 Å². The molecule has 1 amide bonds. The van der Waals surface area contributed by atoms with Gasteiger partial charge >= 0.3 is 0 Å². The van der Waals surface area contributed by atoms with E-state index in [-0.39, 0.29) is 17.6 Å². The van der Waals surface area contributed by atoms with Gasteiger partial charge in [-0.3, -0.25) is 14.9 Å². The molecule has 0 aliphatic carbocycles. The van der Waals surface area contributed by atoms with Crippen LogP contribution in [0.1, 0.15) is 29.3 Å². The standard InChI is InChI=1S/C12H15BrN2O3/c1-8-3-4-10(15(17)18)7-11(8)12(16)14-9(2)5-6-13/h3-4,7,9H,5-6H2,1-2H3,(H,14,16). The molecule has 0 aliphatic rings. The van der Waals surface area contributed by atoms with Gasteiger partial charge in [-0.2, -0.15) is 0 Å². The molecule has 1 aromatic carbocycles. The van der Waals surface area contributed by atoms with Crippen LogP contribution in [0.4, 0.5) is 5.69 Å². The molecule has 1 atom stereocenters. The van der Waals surface area contributed by atoms with Crippen LogP contribution in [0.15, 0.2) is 18.2 Å². The highest BCUT2D eigenvalue weighted by atomic mass is 79.9. The maximum absolute atomic E-state index is 12.0. The first-order valence-electron chi connectivity index (χ1n) is 5.57. The third-order valence-corrected chi connectivity index (χ3v) is 3.05. The Labute approximate surface area is 114 Å². The second-order valence-corrected chi connectivity index (χ2v) is 4.90. The van der Waals surface area contributed by atoms with Crippen molar-refractivity contribution in [3.8, 4) is 0 Å².